The predicted octanol–water partition coefficient (Wildman–Crippen LogP) is 8.39. The van der Waals surface area contributed by atoms with Crippen LogP contribution in [0, 0.1) is 6.92 Å². The first kappa shape index (κ1) is 34.6. The van der Waals surface area contributed by atoms with Gasteiger partial charge in [0.2, 0.25) is 0 Å². The summed E-state index contributed by atoms with van der Waals surface area (Å²) in [5.74, 6) is 0.971. The Balaban J connectivity index is 1.29. The van der Waals surface area contributed by atoms with Gasteiger partial charge >= 0.3 is 12.1 Å². The third kappa shape index (κ3) is 9.21. The van der Waals surface area contributed by atoms with Crippen LogP contribution in [0.5, 0.6) is 11.5 Å². The molecule has 250 valence electrons. The Labute approximate surface area is 281 Å². The van der Waals surface area contributed by atoms with E-state index in [1.165, 1.54) is 30.4 Å². The Hall–Kier alpha value is -3.74. The molecule has 7 nitrogen and oxygen atoms in total. The molecule has 0 aliphatic carbocycles. The number of aromatic nitrogens is 1. The highest BCUT2D eigenvalue weighted by Crippen LogP contribution is 2.37. The van der Waals surface area contributed by atoms with E-state index in [2.05, 4.69) is 21.9 Å². The zero-order valence-corrected chi connectivity index (χ0v) is 28.3. The summed E-state index contributed by atoms with van der Waals surface area (Å²) in [5.41, 5.74) is 2.88. The van der Waals surface area contributed by atoms with Crippen LogP contribution in [0.3, 0.4) is 0 Å². The first-order chi connectivity index (χ1) is 22.4. The van der Waals surface area contributed by atoms with E-state index < -0.39 is 23.8 Å². The Bertz CT molecular complexity index is 1650. The normalized spacial score (nSPS) is 14.8. The molecule has 0 bridgehead atoms. The molecule has 0 radical (unpaired) electrons. The van der Waals surface area contributed by atoms with Crippen molar-refractivity contribution in [1.82, 2.24) is 9.88 Å². The molecule has 1 atom stereocenters. The largest absolute Gasteiger partial charge is 0.491 e. The van der Waals surface area contributed by atoms with Crippen LogP contribution < -0.4 is 14.4 Å². The third-order valence-electron chi connectivity index (χ3n) is 7.72. The van der Waals surface area contributed by atoms with E-state index in [-0.39, 0.29) is 6.10 Å². The molecule has 0 spiro atoms. The van der Waals surface area contributed by atoms with E-state index in [0.29, 0.717) is 28.6 Å². The number of thioether (sulfide) groups is 1. The first-order valence-corrected chi connectivity index (χ1v) is 17.2. The van der Waals surface area contributed by atoms with Crippen LogP contribution in [0.2, 0.25) is 0 Å². The lowest BCUT2D eigenvalue weighted by Crippen LogP contribution is -2.46. The average molecular weight is 686 g/mol. The summed E-state index contributed by atoms with van der Waals surface area (Å²) in [5, 5.41) is 9.87. The fourth-order valence-electron chi connectivity index (χ4n) is 5.16. The van der Waals surface area contributed by atoms with Crippen molar-refractivity contribution >= 4 is 34.8 Å². The molecule has 3 aromatic carbocycles. The van der Waals surface area contributed by atoms with Crippen molar-refractivity contribution in [2.75, 3.05) is 31.1 Å². The van der Waals surface area contributed by atoms with Crippen molar-refractivity contribution in [3.63, 3.8) is 0 Å². The van der Waals surface area contributed by atoms with Gasteiger partial charge in [-0.2, -0.15) is 13.2 Å². The molecular formula is C35H38F3N3O4S2. The number of hydrogen-bond acceptors (Lipinski definition) is 8. The molecule has 0 saturated carbocycles. The summed E-state index contributed by atoms with van der Waals surface area (Å²) < 4.78 is 50.9. The number of carbonyl (C=O) groups is 1. The number of rotatable bonds is 12. The van der Waals surface area contributed by atoms with Crippen LogP contribution in [0.1, 0.15) is 42.5 Å². The fraction of sp³-hybridized carbons (Fsp3) is 0.371. The van der Waals surface area contributed by atoms with Crippen molar-refractivity contribution in [2.45, 2.75) is 63.3 Å². The topological polar surface area (TPSA) is 75.1 Å². The lowest BCUT2D eigenvalue weighted by atomic mass is 10.1. The van der Waals surface area contributed by atoms with Gasteiger partial charge in [0.25, 0.3) is 0 Å². The molecule has 1 fully saturated rings. The second kappa shape index (κ2) is 15.0. The average Bonchev–Trinajstić information content (AvgIpc) is 3.43. The second-order valence-electron chi connectivity index (χ2n) is 11.7. The van der Waals surface area contributed by atoms with Gasteiger partial charge in [0, 0.05) is 59.5 Å². The van der Waals surface area contributed by atoms with Crippen molar-refractivity contribution in [1.29, 1.82) is 0 Å². The van der Waals surface area contributed by atoms with Crippen molar-refractivity contribution in [3.05, 3.63) is 88.4 Å². The first-order valence-electron chi connectivity index (χ1n) is 15.4. The van der Waals surface area contributed by atoms with Gasteiger partial charge in [0.05, 0.1) is 17.4 Å². The van der Waals surface area contributed by atoms with Gasteiger partial charge in [-0.15, -0.1) is 23.1 Å². The van der Waals surface area contributed by atoms with E-state index in [1.54, 1.807) is 17.8 Å². The zero-order valence-electron chi connectivity index (χ0n) is 26.7. The molecule has 1 saturated heterocycles. The van der Waals surface area contributed by atoms with E-state index in [4.69, 9.17) is 14.5 Å². The number of nitrogens with zero attached hydrogens (tertiary/aromatic N) is 3. The zero-order chi connectivity index (χ0) is 33.7. The predicted molar refractivity (Wildman–Crippen MR) is 181 cm³/mol. The standard InChI is InChI=1S/C35H38F3N3O4S2/c1-22(2)44-28-11-9-27(10-12-28)41-17-15-40(16-18-41)20-30-32(47-33(39-30)25-5-7-26(8-6-25)35(36,37)38)21-46-29-13-14-31(23(3)19-29)45-24(4)34(42)43/h5-14,19,22,24H,15-18,20-21H2,1-4H3,(H,42,43). The number of aryl methyl sites for hydroxylation is 1. The van der Waals surface area contributed by atoms with Crippen LogP contribution in [0.25, 0.3) is 10.6 Å². The van der Waals surface area contributed by atoms with Gasteiger partial charge in [-0.3, -0.25) is 4.90 Å². The van der Waals surface area contributed by atoms with Crippen LogP contribution in [0.4, 0.5) is 18.9 Å². The maximum Gasteiger partial charge on any atom is 0.416 e. The number of carboxylic acids is 1. The van der Waals surface area contributed by atoms with Crippen molar-refractivity contribution in [2.24, 2.45) is 0 Å². The van der Waals surface area contributed by atoms with Crippen molar-refractivity contribution in [3.8, 4) is 22.1 Å². The summed E-state index contributed by atoms with van der Waals surface area (Å²) >= 11 is 3.13. The maximum absolute atomic E-state index is 13.2. The van der Waals surface area contributed by atoms with Gasteiger partial charge in [0.15, 0.2) is 6.10 Å². The Kier molecular flexibility index (Phi) is 11.0. The number of carboxylic acid groups (broad SMARTS) is 1. The number of halogens is 3. The van der Waals surface area contributed by atoms with Gasteiger partial charge in [-0.1, -0.05) is 12.1 Å². The molecule has 1 N–H and O–H groups in total. The van der Waals surface area contributed by atoms with Crippen LogP contribution in [-0.4, -0.2) is 59.3 Å². The minimum atomic E-state index is -4.40. The molecule has 12 heteroatoms. The second-order valence-corrected chi connectivity index (χ2v) is 13.8. The number of alkyl halides is 3. The highest BCUT2D eigenvalue weighted by Gasteiger charge is 2.30. The summed E-state index contributed by atoms with van der Waals surface area (Å²) in [4.78, 5) is 22.9. The van der Waals surface area contributed by atoms with E-state index in [9.17, 15) is 23.1 Å². The number of aliphatic carboxylic acids is 1. The Morgan fingerprint density at radius 3 is 2.26 bits per heavy atom. The molecule has 1 aliphatic rings. The Morgan fingerprint density at radius 1 is 0.979 bits per heavy atom. The third-order valence-corrected chi connectivity index (χ3v) is 10.1. The number of piperazine rings is 1. The Morgan fingerprint density at radius 2 is 1.66 bits per heavy atom. The lowest BCUT2D eigenvalue weighted by molar-refractivity contribution is -0.144. The highest BCUT2D eigenvalue weighted by atomic mass is 32.2. The van der Waals surface area contributed by atoms with E-state index in [0.717, 1.165) is 70.8 Å². The van der Waals surface area contributed by atoms with E-state index in [1.807, 2.05) is 45.0 Å². The fourth-order valence-corrected chi connectivity index (χ4v) is 7.33. The molecule has 2 heterocycles. The van der Waals surface area contributed by atoms with E-state index >= 15 is 0 Å². The molecule has 4 aromatic rings. The van der Waals surface area contributed by atoms with Gasteiger partial charge in [-0.05, 0) is 87.9 Å². The molecule has 5 rings (SSSR count). The summed E-state index contributed by atoms with van der Waals surface area (Å²) in [7, 11) is 0. The number of ether oxygens (including phenoxy) is 2. The minimum Gasteiger partial charge on any atom is -0.491 e. The molecule has 1 aliphatic heterocycles. The molecule has 47 heavy (non-hydrogen) atoms. The maximum atomic E-state index is 13.2. The smallest absolute Gasteiger partial charge is 0.416 e. The quantitative estimate of drug-likeness (QED) is 0.149. The summed E-state index contributed by atoms with van der Waals surface area (Å²) in [6.45, 7) is 11.4. The summed E-state index contributed by atoms with van der Waals surface area (Å²) in [6.07, 6.45) is -5.23. The lowest BCUT2D eigenvalue weighted by Gasteiger charge is -2.36. The van der Waals surface area contributed by atoms with Gasteiger partial charge in [-0.25, -0.2) is 9.78 Å². The number of benzene rings is 3. The van der Waals surface area contributed by atoms with Crippen molar-refractivity contribution < 1.29 is 32.5 Å². The number of anilines is 1. The van der Waals surface area contributed by atoms with Crippen LogP contribution in [0.15, 0.2) is 71.6 Å². The molecule has 1 unspecified atom stereocenters. The highest BCUT2D eigenvalue weighted by molar-refractivity contribution is 7.98. The molecular weight excluding hydrogens is 648 g/mol. The van der Waals surface area contributed by atoms with Crippen LogP contribution >= 0.6 is 23.1 Å². The summed E-state index contributed by atoms with van der Waals surface area (Å²) in [6, 6.07) is 19.0. The number of hydrogen-bond donors (Lipinski definition) is 1. The molecule has 0 amide bonds. The monoisotopic (exact) mass is 685 g/mol. The number of thiazole rings is 1. The van der Waals surface area contributed by atoms with Crippen LogP contribution in [-0.2, 0) is 23.3 Å². The van der Waals surface area contributed by atoms with Gasteiger partial charge in [0.1, 0.15) is 16.5 Å². The minimum absolute atomic E-state index is 0.122. The molecule has 1 aromatic heterocycles. The van der Waals surface area contributed by atoms with Gasteiger partial charge < -0.3 is 19.5 Å². The SMILES string of the molecule is Cc1cc(SCc2sc(-c3ccc(C(F)(F)F)cc3)nc2CN2CCN(c3ccc(OC(C)C)cc3)CC2)ccc1OC(C)C(=O)O.